The van der Waals surface area contributed by atoms with E-state index in [1.54, 1.807) is 12.3 Å². The molecule has 2 saturated heterocycles. The molecule has 0 radical (unpaired) electrons. The number of hydrogen-bond acceptors (Lipinski definition) is 2. The van der Waals surface area contributed by atoms with E-state index in [9.17, 15) is 4.39 Å². The number of hydrogen-bond donors (Lipinski definition) is 1. The van der Waals surface area contributed by atoms with Gasteiger partial charge in [-0.1, -0.05) is 0 Å². The molecule has 0 aliphatic carbocycles. The lowest BCUT2D eigenvalue weighted by molar-refractivity contribution is 0.501. The molecule has 2 nitrogen and oxygen atoms in total. The van der Waals surface area contributed by atoms with Crippen molar-refractivity contribution in [2.75, 3.05) is 0 Å². The predicted octanol–water partition coefficient (Wildman–Crippen LogP) is 1.83. The van der Waals surface area contributed by atoms with Gasteiger partial charge < -0.3 is 5.32 Å². The van der Waals surface area contributed by atoms with Crippen molar-refractivity contribution in [3.63, 3.8) is 0 Å². The van der Waals surface area contributed by atoms with Gasteiger partial charge in [-0.3, -0.25) is 4.98 Å². The van der Waals surface area contributed by atoms with Crippen LogP contribution in [0.3, 0.4) is 0 Å². The van der Waals surface area contributed by atoms with Crippen molar-refractivity contribution in [1.29, 1.82) is 0 Å². The van der Waals surface area contributed by atoms with Crippen LogP contribution in [-0.4, -0.2) is 17.1 Å². The molecule has 2 aliphatic heterocycles. The van der Waals surface area contributed by atoms with E-state index in [0.717, 1.165) is 12.0 Å². The van der Waals surface area contributed by atoms with Gasteiger partial charge in [0.2, 0.25) is 0 Å². The Kier molecular flexibility index (Phi) is 1.80. The average Bonchev–Trinajstić information content (AvgIpc) is 2.78. The van der Waals surface area contributed by atoms with Crippen LogP contribution in [0, 0.1) is 5.82 Å². The number of aromatic nitrogens is 1. The first-order chi connectivity index (χ1) is 6.83. The van der Waals surface area contributed by atoms with Gasteiger partial charge in [-0.15, -0.1) is 0 Å². The fourth-order valence-corrected chi connectivity index (χ4v) is 2.82. The number of pyridine rings is 1. The lowest BCUT2D eigenvalue weighted by Crippen LogP contribution is -2.21. The number of fused-ring (bicyclic) bond motifs is 2. The highest BCUT2D eigenvalue weighted by Crippen LogP contribution is 2.39. The summed E-state index contributed by atoms with van der Waals surface area (Å²) in [6, 6.07) is 2.84. The van der Waals surface area contributed by atoms with Crippen molar-refractivity contribution >= 4 is 0 Å². The Morgan fingerprint density at radius 3 is 2.93 bits per heavy atom. The molecule has 2 fully saturated rings. The molecule has 74 valence electrons. The van der Waals surface area contributed by atoms with Crippen LogP contribution in [0.15, 0.2) is 18.5 Å². The molecule has 1 aromatic heterocycles. The largest absolute Gasteiger partial charge is 0.311 e. The van der Waals surface area contributed by atoms with Crippen LogP contribution < -0.4 is 5.32 Å². The monoisotopic (exact) mass is 192 g/mol. The highest BCUT2D eigenvalue weighted by Gasteiger charge is 2.39. The third-order valence-electron chi connectivity index (χ3n) is 3.45. The molecular weight excluding hydrogens is 179 g/mol. The molecule has 14 heavy (non-hydrogen) atoms. The van der Waals surface area contributed by atoms with Crippen molar-refractivity contribution < 1.29 is 4.39 Å². The predicted molar refractivity (Wildman–Crippen MR) is 51.5 cm³/mol. The number of halogens is 1. The molecule has 2 bridgehead atoms. The fourth-order valence-electron chi connectivity index (χ4n) is 2.82. The Morgan fingerprint density at radius 1 is 1.36 bits per heavy atom. The number of rotatable bonds is 1. The van der Waals surface area contributed by atoms with E-state index in [1.165, 1.54) is 19.0 Å². The molecule has 3 atom stereocenters. The van der Waals surface area contributed by atoms with E-state index in [1.807, 2.05) is 0 Å². The lowest BCUT2D eigenvalue weighted by Gasteiger charge is -2.19. The molecule has 0 saturated carbocycles. The van der Waals surface area contributed by atoms with Crippen LogP contribution in [0.25, 0.3) is 0 Å². The summed E-state index contributed by atoms with van der Waals surface area (Å²) < 4.78 is 13.0. The van der Waals surface area contributed by atoms with Gasteiger partial charge in [-0.2, -0.15) is 0 Å². The highest BCUT2D eigenvalue weighted by atomic mass is 19.1. The fraction of sp³-hybridized carbons (Fsp3) is 0.545. The van der Waals surface area contributed by atoms with Crippen molar-refractivity contribution in [2.45, 2.75) is 37.3 Å². The molecular formula is C11H13FN2. The zero-order valence-corrected chi connectivity index (χ0v) is 7.91. The molecule has 1 aromatic rings. The zero-order valence-electron chi connectivity index (χ0n) is 7.91. The smallest absolute Gasteiger partial charge is 0.141 e. The summed E-state index contributed by atoms with van der Waals surface area (Å²) in [6.45, 7) is 0. The Hall–Kier alpha value is -0.960. The maximum Gasteiger partial charge on any atom is 0.141 e. The highest BCUT2D eigenvalue weighted by molar-refractivity contribution is 5.22. The van der Waals surface area contributed by atoms with Crippen LogP contribution in [0.5, 0.6) is 0 Å². The third kappa shape index (κ3) is 1.23. The molecule has 3 heterocycles. The summed E-state index contributed by atoms with van der Waals surface area (Å²) in [5.41, 5.74) is 1.06. The van der Waals surface area contributed by atoms with Crippen molar-refractivity contribution in [3.05, 3.63) is 29.8 Å². The SMILES string of the molecule is Fc1cncc([C@@H]2CC3CCC2N3)c1. The Labute approximate surface area is 82.5 Å². The molecule has 2 unspecified atom stereocenters. The average molecular weight is 192 g/mol. The number of nitrogens with zero attached hydrogens (tertiary/aromatic N) is 1. The summed E-state index contributed by atoms with van der Waals surface area (Å²) >= 11 is 0. The third-order valence-corrected chi connectivity index (χ3v) is 3.45. The topological polar surface area (TPSA) is 24.9 Å². The first-order valence-electron chi connectivity index (χ1n) is 5.19. The van der Waals surface area contributed by atoms with Crippen molar-refractivity contribution in [3.8, 4) is 0 Å². The van der Waals surface area contributed by atoms with E-state index in [0.29, 0.717) is 18.0 Å². The maximum absolute atomic E-state index is 13.0. The van der Waals surface area contributed by atoms with Crippen LogP contribution in [0.4, 0.5) is 4.39 Å². The summed E-state index contributed by atoms with van der Waals surface area (Å²) in [6.07, 6.45) is 6.73. The van der Waals surface area contributed by atoms with Gasteiger partial charge in [-0.05, 0) is 30.9 Å². The van der Waals surface area contributed by atoms with Gasteiger partial charge in [0.05, 0.1) is 6.20 Å². The molecule has 3 heteroatoms. The Morgan fingerprint density at radius 2 is 2.29 bits per heavy atom. The standard InChI is InChI=1S/C11H13FN2/c12-8-3-7(5-13-6-8)10-4-9-1-2-11(10)14-9/h3,5-6,9-11,14H,1-2,4H2/t9?,10-,11?/m0/s1. The van der Waals surface area contributed by atoms with Crippen LogP contribution in [-0.2, 0) is 0 Å². The second-order valence-electron chi connectivity index (χ2n) is 4.33. The first kappa shape index (κ1) is 8.36. The summed E-state index contributed by atoms with van der Waals surface area (Å²) in [4.78, 5) is 3.91. The summed E-state index contributed by atoms with van der Waals surface area (Å²) in [7, 11) is 0. The quantitative estimate of drug-likeness (QED) is 0.734. The minimum absolute atomic E-state index is 0.217. The Balaban J connectivity index is 1.89. The summed E-state index contributed by atoms with van der Waals surface area (Å²) in [5.74, 6) is 0.266. The maximum atomic E-state index is 13.0. The van der Waals surface area contributed by atoms with Crippen LogP contribution in [0.1, 0.15) is 30.7 Å². The first-order valence-corrected chi connectivity index (χ1v) is 5.19. The summed E-state index contributed by atoms with van der Waals surface area (Å²) in [5, 5.41) is 3.55. The van der Waals surface area contributed by atoms with Crippen molar-refractivity contribution in [1.82, 2.24) is 10.3 Å². The van der Waals surface area contributed by atoms with Gasteiger partial charge in [-0.25, -0.2) is 4.39 Å². The van der Waals surface area contributed by atoms with E-state index >= 15 is 0 Å². The molecule has 0 aromatic carbocycles. The molecule has 0 amide bonds. The molecule has 1 N–H and O–H groups in total. The van der Waals surface area contributed by atoms with E-state index in [4.69, 9.17) is 0 Å². The molecule has 3 rings (SSSR count). The van der Waals surface area contributed by atoms with E-state index < -0.39 is 0 Å². The van der Waals surface area contributed by atoms with E-state index in [2.05, 4.69) is 10.3 Å². The van der Waals surface area contributed by atoms with Gasteiger partial charge in [0.15, 0.2) is 0 Å². The lowest BCUT2D eigenvalue weighted by atomic mass is 9.85. The molecule has 0 spiro atoms. The van der Waals surface area contributed by atoms with Gasteiger partial charge in [0.1, 0.15) is 5.82 Å². The normalized spacial score (nSPS) is 35.1. The van der Waals surface area contributed by atoms with Crippen LogP contribution >= 0.6 is 0 Å². The minimum atomic E-state index is -0.217. The number of nitrogens with one attached hydrogen (secondary N) is 1. The molecule has 2 aliphatic rings. The van der Waals surface area contributed by atoms with Gasteiger partial charge in [0, 0.05) is 24.2 Å². The van der Waals surface area contributed by atoms with Crippen LogP contribution in [0.2, 0.25) is 0 Å². The second-order valence-corrected chi connectivity index (χ2v) is 4.33. The zero-order chi connectivity index (χ0) is 9.54. The van der Waals surface area contributed by atoms with Gasteiger partial charge >= 0.3 is 0 Å². The van der Waals surface area contributed by atoms with E-state index in [-0.39, 0.29) is 5.82 Å². The minimum Gasteiger partial charge on any atom is -0.311 e. The second kappa shape index (κ2) is 3.02. The van der Waals surface area contributed by atoms with Crippen molar-refractivity contribution in [2.24, 2.45) is 0 Å². The Bertz CT molecular complexity index is 353. The van der Waals surface area contributed by atoms with Gasteiger partial charge in [0.25, 0.3) is 0 Å².